The van der Waals surface area contributed by atoms with E-state index in [2.05, 4.69) is 9.57 Å². The molecule has 0 fully saturated rings. The van der Waals surface area contributed by atoms with Gasteiger partial charge in [0.15, 0.2) is 0 Å². The summed E-state index contributed by atoms with van der Waals surface area (Å²) in [5.74, 6) is 5.28. The standard InChI is InChI=1S/C11H15NO4/c1-14-10-4-3-9(11(13)15-2)7-8(10)5-6-16-12/h3-4,7H,5-6,12H2,1-2H3. The van der Waals surface area contributed by atoms with E-state index in [1.165, 1.54) is 7.11 Å². The molecule has 1 rings (SSSR count). The van der Waals surface area contributed by atoms with E-state index in [0.717, 1.165) is 5.56 Å². The molecule has 0 aliphatic rings. The molecule has 0 heterocycles. The molecule has 0 aromatic heterocycles. The van der Waals surface area contributed by atoms with Gasteiger partial charge < -0.3 is 14.3 Å². The second kappa shape index (κ2) is 6.09. The summed E-state index contributed by atoms with van der Waals surface area (Å²) in [7, 11) is 2.91. The van der Waals surface area contributed by atoms with Crippen LogP contribution in [0.25, 0.3) is 0 Å². The van der Waals surface area contributed by atoms with E-state index in [-0.39, 0.29) is 5.97 Å². The molecule has 88 valence electrons. The number of methoxy groups -OCH3 is 2. The van der Waals surface area contributed by atoms with Gasteiger partial charge in [-0.3, -0.25) is 0 Å². The number of hydrogen-bond donors (Lipinski definition) is 1. The fourth-order valence-corrected chi connectivity index (χ4v) is 1.39. The van der Waals surface area contributed by atoms with Gasteiger partial charge in [-0.1, -0.05) is 0 Å². The van der Waals surface area contributed by atoms with Crippen LogP contribution in [0.4, 0.5) is 0 Å². The van der Waals surface area contributed by atoms with Crippen LogP contribution in [0.15, 0.2) is 18.2 Å². The fraction of sp³-hybridized carbons (Fsp3) is 0.364. The Bertz CT molecular complexity index is 365. The number of esters is 1. The predicted octanol–water partition coefficient (Wildman–Crippen LogP) is 0.915. The van der Waals surface area contributed by atoms with Crippen LogP contribution in [0, 0.1) is 0 Å². The molecule has 0 spiro atoms. The molecule has 0 bridgehead atoms. The first-order valence-corrected chi connectivity index (χ1v) is 4.79. The molecular weight excluding hydrogens is 210 g/mol. The first-order chi connectivity index (χ1) is 7.72. The summed E-state index contributed by atoms with van der Waals surface area (Å²) in [6, 6.07) is 5.08. The van der Waals surface area contributed by atoms with Crippen LogP contribution in [0.5, 0.6) is 5.75 Å². The maximum Gasteiger partial charge on any atom is 0.337 e. The van der Waals surface area contributed by atoms with Crippen LogP contribution in [0.1, 0.15) is 15.9 Å². The number of carbonyl (C=O) groups excluding carboxylic acids is 1. The van der Waals surface area contributed by atoms with Crippen molar-refractivity contribution in [1.82, 2.24) is 0 Å². The number of hydrogen-bond acceptors (Lipinski definition) is 5. The summed E-state index contributed by atoms with van der Waals surface area (Å²) in [4.78, 5) is 15.8. The maximum absolute atomic E-state index is 11.3. The van der Waals surface area contributed by atoms with Gasteiger partial charge in [-0.2, -0.15) is 0 Å². The first kappa shape index (κ1) is 12.5. The highest BCUT2D eigenvalue weighted by Crippen LogP contribution is 2.20. The Balaban J connectivity index is 2.96. The fourth-order valence-electron chi connectivity index (χ4n) is 1.39. The maximum atomic E-state index is 11.3. The molecule has 0 aliphatic heterocycles. The number of ether oxygens (including phenoxy) is 2. The molecule has 16 heavy (non-hydrogen) atoms. The van der Waals surface area contributed by atoms with Crippen LogP contribution in [-0.2, 0) is 16.0 Å². The summed E-state index contributed by atoms with van der Waals surface area (Å²) in [5, 5.41) is 0. The molecule has 0 saturated carbocycles. The van der Waals surface area contributed by atoms with E-state index in [1.807, 2.05) is 0 Å². The van der Waals surface area contributed by atoms with Crippen molar-refractivity contribution in [3.05, 3.63) is 29.3 Å². The molecule has 2 N–H and O–H groups in total. The molecular formula is C11H15NO4. The van der Waals surface area contributed by atoms with Crippen LogP contribution < -0.4 is 10.6 Å². The minimum absolute atomic E-state index is 0.362. The van der Waals surface area contributed by atoms with Crippen LogP contribution in [0.3, 0.4) is 0 Å². The normalized spacial score (nSPS) is 9.94. The van der Waals surface area contributed by atoms with E-state index in [1.54, 1.807) is 25.3 Å². The lowest BCUT2D eigenvalue weighted by Crippen LogP contribution is -2.07. The molecule has 0 aliphatic carbocycles. The van der Waals surface area contributed by atoms with Crippen molar-refractivity contribution in [2.45, 2.75) is 6.42 Å². The van der Waals surface area contributed by atoms with Gasteiger partial charge in [0.2, 0.25) is 0 Å². The van der Waals surface area contributed by atoms with Crippen molar-refractivity contribution in [3.63, 3.8) is 0 Å². The second-order valence-corrected chi connectivity index (χ2v) is 3.14. The Hall–Kier alpha value is -1.59. The van der Waals surface area contributed by atoms with Gasteiger partial charge in [0.1, 0.15) is 5.75 Å². The van der Waals surface area contributed by atoms with Crippen LogP contribution >= 0.6 is 0 Å². The van der Waals surface area contributed by atoms with Gasteiger partial charge in [-0.15, -0.1) is 0 Å². The van der Waals surface area contributed by atoms with Gasteiger partial charge >= 0.3 is 5.97 Å². The lowest BCUT2D eigenvalue weighted by molar-refractivity contribution is 0.0600. The molecule has 0 unspecified atom stereocenters. The zero-order valence-corrected chi connectivity index (χ0v) is 9.36. The lowest BCUT2D eigenvalue weighted by Gasteiger charge is -2.09. The van der Waals surface area contributed by atoms with E-state index in [9.17, 15) is 4.79 Å². The number of benzene rings is 1. The summed E-state index contributed by atoms with van der Waals surface area (Å²) in [5.41, 5.74) is 1.34. The van der Waals surface area contributed by atoms with Gasteiger partial charge in [0, 0.05) is 6.42 Å². The Morgan fingerprint density at radius 1 is 1.38 bits per heavy atom. The molecule has 0 radical (unpaired) electrons. The largest absolute Gasteiger partial charge is 0.496 e. The third kappa shape index (κ3) is 2.95. The van der Waals surface area contributed by atoms with E-state index in [0.29, 0.717) is 24.3 Å². The minimum Gasteiger partial charge on any atom is -0.496 e. The zero-order valence-electron chi connectivity index (χ0n) is 9.36. The van der Waals surface area contributed by atoms with Gasteiger partial charge in [0.05, 0.1) is 26.4 Å². The summed E-state index contributed by atoms with van der Waals surface area (Å²) >= 11 is 0. The minimum atomic E-state index is -0.377. The van der Waals surface area contributed by atoms with Crippen molar-refractivity contribution in [2.75, 3.05) is 20.8 Å². The van der Waals surface area contributed by atoms with E-state index in [4.69, 9.17) is 10.6 Å². The predicted molar refractivity (Wildman–Crippen MR) is 58.2 cm³/mol. The molecule has 0 saturated heterocycles. The number of nitrogens with two attached hydrogens (primary N) is 1. The highest BCUT2D eigenvalue weighted by atomic mass is 16.6. The Morgan fingerprint density at radius 2 is 2.12 bits per heavy atom. The van der Waals surface area contributed by atoms with Crippen molar-refractivity contribution >= 4 is 5.97 Å². The van der Waals surface area contributed by atoms with Crippen LogP contribution in [0.2, 0.25) is 0 Å². The molecule has 1 aromatic rings. The zero-order chi connectivity index (χ0) is 12.0. The molecule has 0 amide bonds. The van der Waals surface area contributed by atoms with Gasteiger partial charge in [0.25, 0.3) is 0 Å². The summed E-state index contributed by atoms with van der Waals surface area (Å²) in [6.45, 7) is 0.362. The third-order valence-corrected chi connectivity index (χ3v) is 2.19. The van der Waals surface area contributed by atoms with Crippen molar-refractivity contribution < 1.29 is 19.1 Å². The Kier molecular flexibility index (Phi) is 4.75. The number of carbonyl (C=O) groups is 1. The molecule has 5 nitrogen and oxygen atoms in total. The smallest absolute Gasteiger partial charge is 0.337 e. The average Bonchev–Trinajstić information content (AvgIpc) is 2.34. The molecule has 1 aromatic carbocycles. The SMILES string of the molecule is COC(=O)c1ccc(OC)c(CCON)c1. The van der Waals surface area contributed by atoms with Gasteiger partial charge in [-0.05, 0) is 23.8 Å². The summed E-state index contributed by atoms with van der Waals surface area (Å²) < 4.78 is 9.80. The average molecular weight is 225 g/mol. The topological polar surface area (TPSA) is 70.8 Å². The highest BCUT2D eigenvalue weighted by Gasteiger charge is 2.10. The Morgan fingerprint density at radius 3 is 2.69 bits per heavy atom. The Labute approximate surface area is 94.1 Å². The monoisotopic (exact) mass is 225 g/mol. The van der Waals surface area contributed by atoms with Crippen molar-refractivity contribution in [2.24, 2.45) is 5.90 Å². The lowest BCUT2D eigenvalue weighted by atomic mass is 10.1. The van der Waals surface area contributed by atoms with Crippen molar-refractivity contribution in [3.8, 4) is 5.75 Å². The van der Waals surface area contributed by atoms with E-state index >= 15 is 0 Å². The third-order valence-electron chi connectivity index (χ3n) is 2.19. The highest BCUT2D eigenvalue weighted by molar-refractivity contribution is 5.89. The molecule has 5 heteroatoms. The van der Waals surface area contributed by atoms with Crippen LogP contribution in [-0.4, -0.2) is 26.8 Å². The first-order valence-electron chi connectivity index (χ1n) is 4.79. The van der Waals surface area contributed by atoms with Gasteiger partial charge in [-0.25, -0.2) is 10.7 Å². The quantitative estimate of drug-likeness (QED) is 0.596. The van der Waals surface area contributed by atoms with Crippen molar-refractivity contribution in [1.29, 1.82) is 0 Å². The second-order valence-electron chi connectivity index (χ2n) is 3.14. The van der Waals surface area contributed by atoms with E-state index < -0.39 is 0 Å². The number of rotatable bonds is 5. The summed E-state index contributed by atoms with van der Waals surface area (Å²) in [6.07, 6.45) is 0.574. The molecule has 0 atom stereocenters.